The minimum absolute atomic E-state index is 0.0445. The second kappa shape index (κ2) is 5.05. The van der Waals surface area contributed by atoms with Gasteiger partial charge in [-0.2, -0.15) is 0 Å². The van der Waals surface area contributed by atoms with Gasteiger partial charge in [0.25, 0.3) is 0 Å². The smallest absolute Gasteiger partial charge is 0.339 e. The van der Waals surface area contributed by atoms with E-state index in [1.165, 1.54) is 0 Å². The second-order valence-electron chi connectivity index (χ2n) is 7.91. The molecule has 22 heavy (non-hydrogen) atoms. The van der Waals surface area contributed by atoms with Gasteiger partial charge in [0, 0.05) is 18.6 Å². The van der Waals surface area contributed by atoms with Gasteiger partial charge in [-0.25, -0.2) is 4.79 Å². The highest BCUT2D eigenvalue weighted by atomic mass is 16.6. The maximum atomic E-state index is 12.1. The average Bonchev–Trinajstić information content (AvgIpc) is 2.84. The zero-order valence-corrected chi connectivity index (χ0v) is 13.8. The zero-order valence-electron chi connectivity index (χ0n) is 13.8. The molecule has 0 saturated heterocycles. The molecule has 124 valence electrons. The van der Waals surface area contributed by atoms with Crippen molar-refractivity contribution in [3.05, 3.63) is 11.1 Å². The van der Waals surface area contributed by atoms with Gasteiger partial charge in [-0.3, -0.25) is 0 Å². The lowest BCUT2D eigenvalue weighted by Gasteiger charge is -2.39. The van der Waals surface area contributed by atoms with Gasteiger partial charge in [0.15, 0.2) is 0 Å². The maximum absolute atomic E-state index is 12.1. The maximum Gasteiger partial charge on any atom is 0.339 e. The Morgan fingerprint density at radius 3 is 2.59 bits per heavy atom. The topological polar surface area (TPSA) is 76.0 Å². The van der Waals surface area contributed by atoms with Crippen molar-refractivity contribution in [3.8, 4) is 0 Å². The van der Waals surface area contributed by atoms with Gasteiger partial charge in [-0.1, -0.05) is 13.8 Å². The highest BCUT2D eigenvalue weighted by molar-refractivity contribution is 5.93. The average molecular weight is 310 g/mol. The molecular weight excluding hydrogens is 284 g/mol. The van der Waals surface area contributed by atoms with Gasteiger partial charge >= 0.3 is 5.97 Å². The molecule has 2 N–H and O–H groups in total. The van der Waals surface area contributed by atoms with Crippen LogP contribution in [-0.4, -0.2) is 40.8 Å². The summed E-state index contributed by atoms with van der Waals surface area (Å²) >= 11 is 0. The van der Waals surface area contributed by atoms with Crippen molar-refractivity contribution >= 4 is 5.97 Å². The predicted octanol–water partition coefficient (Wildman–Crippen LogP) is 1.77. The van der Waals surface area contributed by atoms with Gasteiger partial charge in [0.1, 0.15) is 0 Å². The molecule has 5 heteroatoms. The van der Waals surface area contributed by atoms with E-state index in [1.807, 2.05) is 13.8 Å². The fourth-order valence-electron chi connectivity index (χ4n) is 4.82. The molecule has 0 aromatic rings. The largest absolute Gasteiger partial charge is 0.428 e. The van der Waals surface area contributed by atoms with E-state index in [2.05, 4.69) is 13.8 Å². The molecule has 1 saturated carbocycles. The predicted molar refractivity (Wildman–Crippen MR) is 79.8 cm³/mol. The molecule has 0 bridgehead atoms. The van der Waals surface area contributed by atoms with E-state index in [0.717, 1.165) is 12.8 Å². The number of carbonyl (C=O) groups excluding carboxylic acids is 1. The summed E-state index contributed by atoms with van der Waals surface area (Å²) in [6.45, 7) is 8.93. The van der Waals surface area contributed by atoms with Crippen LogP contribution in [0, 0.1) is 17.3 Å². The van der Waals surface area contributed by atoms with Crippen molar-refractivity contribution < 1.29 is 24.5 Å². The number of rotatable bonds is 2. The number of esters is 1. The molecule has 3 rings (SSSR count). The molecule has 0 spiro atoms. The summed E-state index contributed by atoms with van der Waals surface area (Å²) in [6.07, 6.45) is 0.0770. The molecule has 5 atom stereocenters. The van der Waals surface area contributed by atoms with Crippen LogP contribution in [0.25, 0.3) is 0 Å². The third-order valence-electron chi connectivity index (χ3n) is 5.66. The van der Waals surface area contributed by atoms with Crippen LogP contribution in [0.5, 0.6) is 0 Å². The van der Waals surface area contributed by atoms with Crippen LogP contribution in [0.2, 0.25) is 0 Å². The Labute approximate surface area is 131 Å². The number of aliphatic hydroxyl groups excluding tert-OH is 2. The Morgan fingerprint density at radius 1 is 1.27 bits per heavy atom. The fourth-order valence-corrected chi connectivity index (χ4v) is 4.82. The molecule has 0 amide bonds. The molecule has 0 aromatic heterocycles. The van der Waals surface area contributed by atoms with Gasteiger partial charge in [-0.15, -0.1) is 0 Å². The van der Waals surface area contributed by atoms with Crippen molar-refractivity contribution in [3.63, 3.8) is 0 Å². The van der Waals surface area contributed by atoms with E-state index in [4.69, 9.17) is 9.47 Å². The standard InChI is InChI=1S/C17H26O5/c1-5-21-17(4)7-10-12(15(20)22-14(10)19)13(18)9-6-16(2,3)8-11(9)17/h9,11,13-14,18-19H,5-8H2,1-4H3/t9-,11+,13+,14-,17+/m1/s1. The molecule has 0 unspecified atom stereocenters. The Hall–Kier alpha value is -0.910. The molecule has 5 nitrogen and oxygen atoms in total. The lowest BCUT2D eigenvalue weighted by molar-refractivity contribution is -0.155. The molecule has 1 aliphatic heterocycles. The first-order chi connectivity index (χ1) is 10.2. The molecule has 0 aromatic carbocycles. The zero-order chi connectivity index (χ0) is 16.3. The molecule has 0 radical (unpaired) electrons. The highest BCUT2D eigenvalue weighted by Crippen LogP contribution is 2.56. The Balaban J connectivity index is 2.07. The number of cyclic esters (lactones) is 1. The fraction of sp³-hybridized carbons (Fsp3) is 0.824. The minimum atomic E-state index is -1.25. The quantitative estimate of drug-likeness (QED) is 0.760. The van der Waals surface area contributed by atoms with E-state index >= 15 is 0 Å². The minimum Gasteiger partial charge on any atom is -0.428 e. The molecule has 1 fully saturated rings. The molecule has 1 heterocycles. The lowest BCUT2D eigenvalue weighted by atomic mass is 9.77. The first-order valence-corrected chi connectivity index (χ1v) is 8.12. The van der Waals surface area contributed by atoms with Crippen molar-refractivity contribution in [2.24, 2.45) is 17.3 Å². The molecular formula is C17H26O5. The Morgan fingerprint density at radius 2 is 1.95 bits per heavy atom. The number of ether oxygens (including phenoxy) is 2. The van der Waals surface area contributed by atoms with E-state index in [0.29, 0.717) is 18.6 Å². The van der Waals surface area contributed by atoms with Crippen molar-refractivity contribution in [2.75, 3.05) is 6.61 Å². The second-order valence-corrected chi connectivity index (χ2v) is 7.91. The van der Waals surface area contributed by atoms with Crippen LogP contribution < -0.4 is 0 Å². The van der Waals surface area contributed by atoms with Crippen LogP contribution in [0.4, 0.5) is 0 Å². The van der Waals surface area contributed by atoms with Gasteiger partial charge < -0.3 is 19.7 Å². The number of hydrogen-bond acceptors (Lipinski definition) is 5. The number of aliphatic hydroxyl groups is 2. The van der Waals surface area contributed by atoms with Crippen molar-refractivity contribution in [1.82, 2.24) is 0 Å². The summed E-state index contributed by atoms with van der Waals surface area (Å²) in [5, 5.41) is 20.9. The highest BCUT2D eigenvalue weighted by Gasteiger charge is 2.57. The van der Waals surface area contributed by atoms with Crippen LogP contribution in [0.3, 0.4) is 0 Å². The Bertz CT molecular complexity index is 523. The van der Waals surface area contributed by atoms with Gasteiger partial charge in [-0.05, 0) is 43.9 Å². The summed E-state index contributed by atoms with van der Waals surface area (Å²) < 4.78 is 11.0. The summed E-state index contributed by atoms with van der Waals surface area (Å²) in [4.78, 5) is 12.1. The van der Waals surface area contributed by atoms with Crippen LogP contribution in [0.1, 0.15) is 47.0 Å². The van der Waals surface area contributed by atoms with Crippen LogP contribution >= 0.6 is 0 Å². The molecule has 3 aliphatic rings. The van der Waals surface area contributed by atoms with Crippen LogP contribution in [0.15, 0.2) is 11.1 Å². The van der Waals surface area contributed by atoms with Gasteiger partial charge in [0.2, 0.25) is 6.29 Å². The van der Waals surface area contributed by atoms with Gasteiger partial charge in [0.05, 0.1) is 17.3 Å². The summed E-state index contributed by atoms with van der Waals surface area (Å²) in [7, 11) is 0. The van der Waals surface area contributed by atoms with Crippen LogP contribution in [-0.2, 0) is 14.3 Å². The van der Waals surface area contributed by atoms with E-state index in [9.17, 15) is 15.0 Å². The Kier molecular flexibility index (Phi) is 3.66. The normalized spacial score (nSPS) is 43.6. The third kappa shape index (κ3) is 2.30. The summed E-state index contributed by atoms with van der Waals surface area (Å²) in [5.74, 6) is -0.473. The first kappa shape index (κ1) is 16.0. The SMILES string of the molecule is CCO[C@@]1(C)CC2=C(C(=O)O[C@H]2O)[C@@H](O)[C@@H]2CC(C)(C)C[C@@H]21. The van der Waals surface area contributed by atoms with Crippen molar-refractivity contribution in [2.45, 2.75) is 65.0 Å². The van der Waals surface area contributed by atoms with E-state index < -0.39 is 24.0 Å². The van der Waals surface area contributed by atoms with E-state index in [1.54, 1.807) is 0 Å². The molecule has 2 aliphatic carbocycles. The van der Waals surface area contributed by atoms with Crippen molar-refractivity contribution in [1.29, 1.82) is 0 Å². The third-order valence-corrected chi connectivity index (χ3v) is 5.66. The van der Waals surface area contributed by atoms with E-state index in [-0.39, 0.29) is 22.8 Å². The lowest BCUT2D eigenvalue weighted by Crippen LogP contribution is -2.42. The first-order valence-electron chi connectivity index (χ1n) is 8.12. The monoisotopic (exact) mass is 310 g/mol. The number of hydrogen-bond donors (Lipinski definition) is 2. The number of fused-ring (bicyclic) bond motifs is 1. The summed E-state index contributed by atoms with van der Waals surface area (Å²) in [5.41, 5.74) is 0.373. The number of carbonyl (C=O) groups is 1. The summed E-state index contributed by atoms with van der Waals surface area (Å²) in [6, 6.07) is 0.